The molecule has 0 amide bonds. The second-order valence-corrected chi connectivity index (χ2v) is 3.22. The van der Waals surface area contributed by atoms with Crippen LogP contribution in [0, 0.1) is 0 Å². The van der Waals surface area contributed by atoms with Crippen LogP contribution in [0.4, 0.5) is 0 Å². The molecule has 1 aliphatic heterocycles. The van der Waals surface area contributed by atoms with Gasteiger partial charge in [0.1, 0.15) is 6.73 Å². The van der Waals surface area contributed by atoms with Gasteiger partial charge in [-0.2, -0.15) is 0 Å². The molecule has 4 nitrogen and oxygen atoms in total. The first kappa shape index (κ1) is 10.2. The lowest BCUT2D eigenvalue weighted by Crippen LogP contribution is -2.45. The molecule has 0 aromatic carbocycles. The number of esters is 1. The summed E-state index contributed by atoms with van der Waals surface area (Å²) in [5.41, 5.74) is 0. The minimum Gasteiger partial charge on any atom is -0.446 e. The fourth-order valence-electron chi connectivity index (χ4n) is 1.19. The fourth-order valence-corrected chi connectivity index (χ4v) is 1.19. The van der Waals surface area contributed by atoms with Gasteiger partial charge in [-0.25, -0.2) is 4.79 Å². The monoisotopic (exact) mass is 184 g/mol. The van der Waals surface area contributed by atoms with E-state index in [1.165, 1.54) is 6.08 Å². The molecule has 1 rings (SSSR count). The number of likely N-dealkylation sites (N-methyl/N-ethyl adjacent to an activating group) is 1. The molecule has 0 radical (unpaired) electrons. The van der Waals surface area contributed by atoms with E-state index in [9.17, 15) is 4.79 Å². The molecular formula is C9H16N2O2. The average molecular weight is 184 g/mol. The summed E-state index contributed by atoms with van der Waals surface area (Å²) >= 11 is 0. The smallest absolute Gasteiger partial charge is 0.331 e. The molecule has 13 heavy (non-hydrogen) atoms. The van der Waals surface area contributed by atoms with E-state index in [0.717, 1.165) is 26.2 Å². The lowest BCUT2D eigenvalue weighted by molar-refractivity contribution is -0.143. The standard InChI is InChI=1S/C9H16N2O2/c1-3-9(12)13-8-11-6-4-10(2)5-7-11/h3H,1,4-8H2,2H3. The number of hydrogen-bond donors (Lipinski definition) is 0. The van der Waals surface area contributed by atoms with Crippen LogP contribution in [-0.4, -0.2) is 55.7 Å². The van der Waals surface area contributed by atoms with E-state index in [-0.39, 0.29) is 5.97 Å². The highest BCUT2D eigenvalue weighted by Crippen LogP contribution is 1.98. The summed E-state index contributed by atoms with van der Waals surface area (Å²) in [6.07, 6.45) is 1.19. The van der Waals surface area contributed by atoms with Gasteiger partial charge in [0, 0.05) is 32.3 Å². The van der Waals surface area contributed by atoms with Crippen LogP contribution in [0.15, 0.2) is 12.7 Å². The highest BCUT2D eigenvalue weighted by atomic mass is 16.5. The van der Waals surface area contributed by atoms with Gasteiger partial charge < -0.3 is 9.64 Å². The van der Waals surface area contributed by atoms with E-state index in [1.807, 2.05) is 0 Å². The van der Waals surface area contributed by atoms with Crippen molar-refractivity contribution in [2.75, 3.05) is 40.0 Å². The number of piperazine rings is 1. The molecule has 0 aromatic heterocycles. The van der Waals surface area contributed by atoms with Crippen molar-refractivity contribution >= 4 is 5.97 Å². The molecule has 74 valence electrons. The molecule has 4 heteroatoms. The summed E-state index contributed by atoms with van der Waals surface area (Å²) in [5.74, 6) is -0.348. The van der Waals surface area contributed by atoms with E-state index in [0.29, 0.717) is 6.73 Å². The minimum atomic E-state index is -0.348. The summed E-state index contributed by atoms with van der Waals surface area (Å²) in [6.45, 7) is 7.71. The molecule has 1 saturated heterocycles. The summed E-state index contributed by atoms with van der Waals surface area (Å²) in [5, 5.41) is 0. The number of nitrogens with zero attached hydrogens (tertiary/aromatic N) is 2. The Balaban J connectivity index is 2.15. The number of ether oxygens (including phenoxy) is 1. The van der Waals surface area contributed by atoms with Crippen LogP contribution in [0.3, 0.4) is 0 Å². The molecule has 0 aromatic rings. The van der Waals surface area contributed by atoms with Gasteiger partial charge >= 0.3 is 5.97 Å². The Morgan fingerprint density at radius 1 is 1.46 bits per heavy atom. The molecule has 0 aliphatic carbocycles. The Kier molecular flexibility index (Phi) is 3.92. The Morgan fingerprint density at radius 2 is 2.08 bits per heavy atom. The Bertz CT molecular complexity index is 186. The quantitative estimate of drug-likeness (QED) is 0.454. The largest absolute Gasteiger partial charge is 0.446 e. The van der Waals surface area contributed by atoms with Crippen molar-refractivity contribution in [1.82, 2.24) is 9.80 Å². The summed E-state index contributed by atoms with van der Waals surface area (Å²) in [6, 6.07) is 0. The number of carbonyl (C=O) groups is 1. The Hall–Kier alpha value is -0.870. The number of carbonyl (C=O) groups excluding carboxylic acids is 1. The van der Waals surface area contributed by atoms with Crippen molar-refractivity contribution in [1.29, 1.82) is 0 Å². The second-order valence-electron chi connectivity index (χ2n) is 3.22. The van der Waals surface area contributed by atoms with Crippen molar-refractivity contribution in [2.45, 2.75) is 0 Å². The van der Waals surface area contributed by atoms with Crippen molar-refractivity contribution in [3.8, 4) is 0 Å². The summed E-state index contributed by atoms with van der Waals surface area (Å²) in [7, 11) is 2.09. The van der Waals surface area contributed by atoms with Crippen LogP contribution in [0.25, 0.3) is 0 Å². The zero-order valence-electron chi connectivity index (χ0n) is 8.03. The third-order valence-corrected chi connectivity index (χ3v) is 2.15. The maximum Gasteiger partial charge on any atom is 0.331 e. The van der Waals surface area contributed by atoms with Gasteiger partial charge in [-0.15, -0.1) is 0 Å². The fraction of sp³-hybridized carbons (Fsp3) is 0.667. The first-order chi connectivity index (χ1) is 6.22. The molecule has 0 saturated carbocycles. The highest BCUT2D eigenvalue weighted by molar-refractivity contribution is 5.81. The molecule has 0 spiro atoms. The average Bonchev–Trinajstić information content (AvgIpc) is 2.16. The third kappa shape index (κ3) is 3.57. The van der Waals surface area contributed by atoms with Crippen molar-refractivity contribution in [2.24, 2.45) is 0 Å². The Labute approximate surface area is 78.8 Å². The van der Waals surface area contributed by atoms with Crippen LogP contribution in [0.2, 0.25) is 0 Å². The number of rotatable bonds is 3. The van der Waals surface area contributed by atoms with E-state index in [2.05, 4.69) is 23.4 Å². The van der Waals surface area contributed by atoms with Crippen LogP contribution in [0.5, 0.6) is 0 Å². The second kappa shape index (κ2) is 4.99. The van der Waals surface area contributed by atoms with Gasteiger partial charge in [0.05, 0.1) is 0 Å². The molecule has 0 bridgehead atoms. The predicted octanol–water partition coefficient (Wildman–Crippen LogP) is -0.0795. The zero-order chi connectivity index (χ0) is 9.68. The molecule has 0 N–H and O–H groups in total. The van der Waals surface area contributed by atoms with Crippen LogP contribution < -0.4 is 0 Å². The van der Waals surface area contributed by atoms with Crippen molar-refractivity contribution < 1.29 is 9.53 Å². The summed E-state index contributed by atoms with van der Waals surface area (Å²) in [4.78, 5) is 15.1. The normalized spacial score (nSPS) is 19.8. The van der Waals surface area contributed by atoms with Crippen molar-refractivity contribution in [3.63, 3.8) is 0 Å². The summed E-state index contributed by atoms with van der Waals surface area (Å²) < 4.78 is 4.92. The highest BCUT2D eigenvalue weighted by Gasteiger charge is 2.13. The molecule has 1 aliphatic rings. The van der Waals surface area contributed by atoms with Crippen molar-refractivity contribution in [3.05, 3.63) is 12.7 Å². The maximum atomic E-state index is 10.7. The topological polar surface area (TPSA) is 32.8 Å². The van der Waals surface area contributed by atoms with E-state index >= 15 is 0 Å². The zero-order valence-corrected chi connectivity index (χ0v) is 8.03. The Morgan fingerprint density at radius 3 is 2.62 bits per heavy atom. The van der Waals surface area contributed by atoms with Gasteiger partial charge in [-0.1, -0.05) is 6.58 Å². The van der Waals surface area contributed by atoms with Gasteiger partial charge in [-0.05, 0) is 7.05 Å². The van der Waals surface area contributed by atoms with Gasteiger partial charge in [0.15, 0.2) is 0 Å². The lowest BCUT2D eigenvalue weighted by Gasteiger charge is -2.31. The predicted molar refractivity (Wildman–Crippen MR) is 50.2 cm³/mol. The number of hydrogen-bond acceptors (Lipinski definition) is 4. The van der Waals surface area contributed by atoms with E-state index in [1.54, 1.807) is 0 Å². The van der Waals surface area contributed by atoms with Gasteiger partial charge in [0.25, 0.3) is 0 Å². The van der Waals surface area contributed by atoms with Crippen LogP contribution in [-0.2, 0) is 9.53 Å². The lowest BCUT2D eigenvalue weighted by atomic mass is 10.3. The third-order valence-electron chi connectivity index (χ3n) is 2.15. The maximum absolute atomic E-state index is 10.7. The van der Waals surface area contributed by atoms with Crippen LogP contribution >= 0.6 is 0 Å². The molecule has 0 atom stereocenters. The molecule has 1 fully saturated rings. The van der Waals surface area contributed by atoms with Crippen LogP contribution in [0.1, 0.15) is 0 Å². The molecule has 0 unspecified atom stereocenters. The SMILES string of the molecule is C=CC(=O)OCN1CCN(C)CC1. The first-order valence-electron chi connectivity index (χ1n) is 4.42. The van der Waals surface area contributed by atoms with Gasteiger partial charge in [0.2, 0.25) is 0 Å². The van der Waals surface area contributed by atoms with E-state index in [4.69, 9.17) is 4.74 Å². The van der Waals surface area contributed by atoms with Gasteiger partial charge in [-0.3, -0.25) is 4.90 Å². The van der Waals surface area contributed by atoms with E-state index < -0.39 is 0 Å². The first-order valence-corrected chi connectivity index (χ1v) is 4.42. The minimum absolute atomic E-state index is 0.348. The molecule has 1 heterocycles. The molecular weight excluding hydrogens is 168 g/mol.